The summed E-state index contributed by atoms with van der Waals surface area (Å²) in [6.45, 7) is 1.69. The minimum atomic E-state index is -0.518. The molecule has 0 bridgehead atoms. The molecule has 0 radical (unpaired) electrons. The number of thioether (sulfide) groups is 1. The van der Waals surface area contributed by atoms with Gasteiger partial charge in [-0.05, 0) is 24.4 Å². The van der Waals surface area contributed by atoms with Gasteiger partial charge in [0.05, 0.1) is 15.1 Å². The topological polar surface area (TPSA) is 111 Å². The van der Waals surface area contributed by atoms with Crippen molar-refractivity contribution in [1.29, 1.82) is 0 Å². The number of non-ortho nitro benzene ring substituents is 1. The van der Waals surface area contributed by atoms with Crippen LogP contribution in [0.2, 0.25) is 0 Å². The summed E-state index contributed by atoms with van der Waals surface area (Å²) >= 11 is 2.60. The molecule has 1 unspecified atom stereocenters. The van der Waals surface area contributed by atoms with Gasteiger partial charge in [-0.1, -0.05) is 23.9 Å². The van der Waals surface area contributed by atoms with Gasteiger partial charge in [-0.2, -0.15) is 0 Å². The fraction of sp³-hybridized carbons (Fsp3) is 0.133. The molecule has 0 fully saturated rings. The maximum Gasteiger partial charge on any atom is 0.277 e. The van der Waals surface area contributed by atoms with E-state index in [1.165, 1.54) is 29.5 Å². The van der Waals surface area contributed by atoms with Crippen LogP contribution in [0.3, 0.4) is 0 Å². The average Bonchev–Trinajstić information content (AvgIpc) is 3.26. The Bertz CT molecular complexity index is 895. The largest absolute Gasteiger partial charge is 0.410 e. The molecule has 128 valence electrons. The van der Waals surface area contributed by atoms with Crippen LogP contribution in [0, 0.1) is 10.1 Å². The van der Waals surface area contributed by atoms with E-state index in [9.17, 15) is 14.9 Å². The summed E-state index contributed by atoms with van der Waals surface area (Å²) in [5.41, 5.74) is 0.270. The first-order valence-corrected chi connectivity index (χ1v) is 8.88. The lowest BCUT2D eigenvalue weighted by Crippen LogP contribution is -2.22. The molecule has 0 saturated carbocycles. The maximum atomic E-state index is 12.2. The number of nitrogens with zero attached hydrogens (tertiary/aromatic N) is 3. The lowest BCUT2D eigenvalue weighted by molar-refractivity contribution is -0.384. The highest BCUT2D eigenvalue weighted by molar-refractivity contribution is 8.00. The Kier molecular flexibility index (Phi) is 5.10. The van der Waals surface area contributed by atoms with Crippen LogP contribution in [0.25, 0.3) is 10.8 Å². The van der Waals surface area contributed by atoms with Gasteiger partial charge >= 0.3 is 0 Å². The fourth-order valence-electron chi connectivity index (χ4n) is 1.90. The highest BCUT2D eigenvalue weighted by Gasteiger charge is 2.19. The van der Waals surface area contributed by atoms with Crippen molar-refractivity contribution < 1.29 is 14.1 Å². The van der Waals surface area contributed by atoms with Gasteiger partial charge in [-0.15, -0.1) is 21.5 Å². The van der Waals surface area contributed by atoms with E-state index in [0.29, 0.717) is 11.6 Å². The van der Waals surface area contributed by atoms with Crippen LogP contribution in [-0.2, 0) is 4.79 Å². The molecular weight excluding hydrogens is 364 g/mol. The molecule has 8 nitrogen and oxygen atoms in total. The van der Waals surface area contributed by atoms with Crippen molar-refractivity contribution in [2.45, 2.75) is 17.4 Å². The Morgan fingerprint density at radius 2 is 2.20 bits per heavy atom. The number of benzene rings is 1. The van der Waals surface area contributed by atoms with Gasteiger partial charge in [0, 0.05) is 17.8 Å². The number of hydrogen-bond acceptors (Lipinski definition) is 8. The number of rotatable bonds is 6. The number of amides is 1. The molecule has 2 heterocycles. The molecule has 1 amide bonds. The SMILES string of the molecule is CC(Sc1nnc(-c2cccs2)o1)C(=O)Nc1cccc([N+](=O)[O-])c1. The van der Waals surface area contributed by atoms with Crippen LogP contribution in [0.5, 0.6) is 0 Å². The van der Waals surface area contributed by atoms with Gasteiger partial charge in [-0.25, -0.2) is 0 Å². The molecule has 3 rings (SSSR count). The van der Waals surface area contributed by atoms with Gasteiger partial charge in [0.15, 0.2) is 0 Å². The number of nitrogens with one attached hydrogen (secondary N) is 1. The summed E-state index contributed by atoms with van der Waals surface area (Å²) in [5.74, 6) is 0.0881. The van der Waals surface area contributed by atoms with Crippen LogP contribution in [-0.4, -0.2) is 26.3 Å². The smallest absolute Gasteiger partial charge is 0.277 e. The lowest BCUT2D eigenvalue weighted by atomic mass is 10.2. The molecule has 1 N–H and O–H groups in total. The predicted octanol–water partition coefficient (Wildman–Crippen LogP) is 3.83. The maximum absolute atomic E-state index is 12.2. The zero-order chi connectivity index (χ0) is 17.8. The second-order valence-electron chi connectivity index (χ2n) is 4.91. The lowest BCUT2D eigenvalue weighted by Gasteiger charge is -2.09. The number of anilines is 1. The van der Waals surface area contributed by atoms with Crippen LogP contribution in [0.15, 0.2) is 51.4 Å². The molecule has 25 heavy (non-hydrogen) atoms. The van der Waals surface area contributed by atoms with E-state index in [1.807, 2.05) is 17.5 Å². The van der Waals surface area contributed by atoms with E-state index in [4.69, 9.17) is 4.42 Å². The van der Waals surface area contributed by atoms with Crippen molar-refractivity contribution in [3.63, 3.8) is 0 Å². The van der Waals surface area contributed by atoms with Gasteiger partial charge in [0.2, 0.25) is 5.91 Å². The molecule has 0 saturated heterocycles. The highest BCUT2D eigenvalue weighted by Crippen LogP contribution is 2.29. The minimum Gasteiger partial charge on any atom is -0.410 e. The minimum absolute atomic E-state index is 0.0874. The summed E-state index contributed by atoms with van der Waals surface area (Å²) in [4.78, 5) is 23.4. The van der Waals surface area contributed by atoms with Gasteiger partial charge in [0.1, 0.15) is 0 Å². The third-order valence-corrected chi connectivity index (χ3v) is 4.90. The summed E-state index contributed by atoms with van der Waals surface area (Å²) in [5, 5.41) is 23.0. The number of carbonyl (C=O) groups is 1. The van der Waals surface area contributed by atoms with E-state index < -0.39 is 10.2 Å². The molecule has 2 aromatic heterocycles. The van der Waals surface area contributed by atoms with E-state index >= 15 is 0 Å². The van der Waals surface area contributed by atoms with Gasteiger partial charge < -0.3 is 9.73 Å². The van der Waals surface area contributed by atoms with E-state index in [2.05, 4.69) is 15.5 Å². The van der Waals surface area contributed by atoms with Crippen molar-refractivity contribution in [2.24, 2.45) is 0 Å². The van der Waals surface area contributed by atoms with Crippen molar-refractivity contribution >= 4 is 40.4 Å². The number of hydrogen-bond donors (Lipinski definition) is 1. The molecule has 0 aliphatic heterocycles. The number of aromatic nitrogens is 2. The van der Waals surface area contributed by atoms with Crippen molar-refractivity contribution in [3.05, 3.63) is 51.9 Å². The van der Waals surface area contributed by atoms with Crippen LogP contribution >= 0.6 is 23.1 Å². The van der Waals surface area contributed by atoms with Crippen LogP contribution < -0.4 is 5.32 Å². The Hall–Kier alpha value is -2.72. The highest BCUT2D eigenvalue weighted by atomic mass is 32.2. The summed E-state index contributed by atoms with van der Waals surface area (Å²) < 4.78 is 5.53. The van der Waals surface area contributed by atoms with Crippen molar-refractivity contribution in [2.75, 3.05) is 5.32 Å². The zero-order valence-corrected chi connectivity index (χ0v) is 14.5. The van der Waals surface area contributed by atoms with Crippen LogP contribution in [0.1, 0.15) is 6.92 Å². The number of nitro benzene ring substituents is 1. The summed E-state index contributed by atoms with van der Waals surface area (Å²) in [6.07, 6.45) is 0. The number of thiophene rings is 1. The Balaban J connectivity index is 1.63. The van der Waals surface area contributed by atoms with Crippen molar-refractivity contribution in [3.8, 4) is 10.8 Å². The molecule has 0 aliphatic carbocycles. The standard InChI is InChI=1S/C15H12N4O4S2/c1-9(13(20)16-10-4-2-5-11(8-10)19(21)22)25-15-18-17-14(23-15)12-6-3-7-24-12/h2-9H,1H3,(H,16,20). The molecule has 1 atom stereocenters. The zero-order valence-electron chi connectivity index (χ0n) is 12.9. The Morgan fingerprint density at radius 3 is 2.92 bits per heavy atom. The monoisotopic (exact) mass is 376 g/mol. The molecule has 1 aromatic carbocycles. The molecule has 3 aromatic rings. The number of nitro groups is 1. The Labute approximate surface area is 150 Å². The molecule has 10 heteroatoms. The predicted molar refractivity (Wildman–Crippen MR) is 94.7 cm³/mol. The third-order valence-electron chi connectivity index (χ3n) is 3.11. The van der Waals surface area contributed by atoms with Gasteiger partial charge in [0.25, 0.3) is 16.8 Å². The molecular formula is C15H12N4O4S2. The van der Waals surface area contributed by atoms with Gasteiger partial charge in [-0.3, -0.25) is 14.9 Å². The van der Waals surface area contributed by atoms with E-state index in [-0.39, 0.29) is 16.8 Å². The number of carbonyl (C=O) groups excluding carboxylic acids is 1. The first kappa shape index (κ1) is 17.1. The normalized spacial score (nSPS) is 11.9. The average molecular weight is 376 g/mol. The fourth-order valence-corrected chi connectivity index (χ4v) is 3.23. The first-order chi connectivity index (χ1) is 12.0. The van der Waals surface area contributed by atoms with E-state index in [1.54, 1.807) is 13.0 Å². The van der Waals surface area contributed by atoms with Crippen molar-refractivity contribution in [1.82, 2.24) is 10.2 Å². The second kappa shape index (κ2) is 7.45. The third kappa shape index (κ3) is 4.22. The molecule has 0 aliphatic rings. The van der Waals surface area contributed by atoms with Crippen LogP contribution in [0.4, 0.5) is 11.4 Å². The summed E-state index contributed by atoms with van der Waals surface area (Å²) in [6, 6.07) is 9.51. The molecule has 0 spiro atoms. The quantitative estimate of drug-likeness (QED) is 0.395. The Morgan fingerprint density at radius 1 is 1.36 bits per heavy atom. The second-order valence-corrected chi connectivity index (χ2v) is 7.15. The first-order valence-electron chi connectivity index (χ1n) is 7.12. The van der Waals surface area contributed by atoms with E-state index in [0.717, 1.165) is 16.6 Å². The summed E-state index contributed by atoms with van der Waals surface area (Å²) in [7, 11) is 0.